The molecule has 5 nitrogen and oxygen atoms in total. The van der Waals surface area contributed by atoms with E-state index in [9.17, 15) is 13.2 Å². The molecule has 1 aliphatic heterocycles. The predicted molar refractivity (Wildman–Crippen MR) is 79.7 cm³/mol. The number of nitrogens with zero attached hydrogens (tertiary/aromatic N) is 1. The van der Waals surface area contributed by atoms with E-state index in [0.717, 1.165) is 29.7 Å². The van der Waals surface area contributed by atoms with Crippen LogP contribution >= 0.6 is 22.9 Å². The van der Waals surface area contributed by atoms with Gasteiger partial charge in [0.1, 0.15) is 4.21 Å². The van der Waals surface area contributed by atoms with Crippen LogP contribution in [0.25, 0.3) is 0 Å². The zero-order chi connectivity index (χ0) is 14.9. The van der Waals surface area contributed by atoms with Gasteiger partial charge in [-0.05, 0) is 31.4 Å². The van der Waals surface area contributed by atoms with Crippen LogP contribution in [0.1, 0.15) is 25.3 Å². The van der Waals surface area contributed by atoms with E-state index in [4.69, 9.17) is 11.6 Å². The first kappa shape index (κ1) is 15.8. The summed E-state index contributed by atoms with van der Waals surface area (Å²) in [6.45, 7) is 4.02. The number of piperidine rings is 1. The van der Waals surface area contributed by atoms with Crippen molar-refractivity contribution in [3.8, 4) is 0 Å². The molecule has 1 aliphatic rings. The number of thiophene rings is 1. The number of rotatable bonds is 3. The molecule has 2 heterocycles. The molecule has 1 unspecified atom stereocenters. The van der Waals surface area contributed by atoms with Gasteiger partial charge in [-0.1, -0.05) is 11.6 Å². The lowest BCUT2D eigenvalue weighted by atomic mass is 10.1. The average Bonchev–Trinajstić information content (AvgIpc) is 2.70. The van der Waals surface area contributed by atoms with Crippen molar-refractivity contribution >= 4 is 38.9 Å². The van der Waals surface area contributed by atoms with Crippen molar-refractivity contribution in [3.05, 3.63) is 16.0 Å². The molecule has 0 aromatic carbocycles. The Labute approximate surface area is 128 Å². The Morgan fingerprint density at radius 1 is 1.55 bits per heavy atom. The number of hydrogen-bond acceptors (Lipinski definition) is 4. The fraction of sp³-hybridized carbons (Fsp3) is 0.583. The van der Waals surface area contributed by atoms with E-state index in [-0.39, 0.29) is 16.2 Å². The Morgan fingerprint density at radius 3 is 2.80 bits per heavy atom. The fourth-order valence-electron chi connectivity index (χ4n) is 2.25. The molecule has 112 valence electrons. The van der Waals surface area contributed by atoms with Crippen molar-refractivity contribution < 1.29 is 13.2 Å². The van der Waals surface area contributed by atoms with E-state index < -0.39 is 10.0 Å². The second-order valence-corrected chi connectivity index (χ2v) is 8.74. The van der Waals surface area contributed by atoms with Gasteiger partial charge in [0.05, 0.1) is 4.34 Å². The van der Waals surface area contributed by atoms with Gasteiger partial charge in [0.15, 0.2) is 0 Å². The van der Waals surface area contributed by atoms with Crippen LogP contribution in [0.15, 0.2) is 10.3 Å². The average molecular weight is 337 g/mol. The SMILES string of the molecule is CC(=O)NC1CCCN(S(=O)(=O)c2cc(C)c(Cl)s2)C1. The molecule has 1 atom stereocenters. The van der Waals surface area contributed by atoms with Crippen LogP contribution in [-0.4, -0.2) is 37.8 Å². The lowest BCUT2D eigenvalue weighted by Crippen LogP contribution is -2.48. The molecular weight excluding hydrogens is 320 g/mol. The molecular formula is C12H17ClN2O3S2. The third-order valence-electron chi connectivity index (χ3n) is 3.22. The lowest BCUT2D eigenvalue weighted by Gasteiger charge is -2.31. The van der Waals surface area contributed by atoms with Crippen molar-refractivity contribution in [1.29, 1.82) is 0 Å². The fourth-order valence-corrected chi connectivity index (χ4v) is 5.64. The third-order valence-corrected chi connectivity index (χ3v) is 7.09. The highest BCUT2D eigenvalue weighted by molar-refractivity contribution is 7.91. The molecule has 0 saturated carbocycles. The minimum absolute atomic E-state index is 0.118. The summed E-state index contributed by atoms with van der Waals surface area (Å²) in [6, 6.07) is 1.48. The van der Waals surface area contributed by atoms with Crippen LogP contribution < -0.4 is 5.32 Å². The summed E-state index contributed by atoms with van der Waals surface area (Å²) in [6.07, 6.45) is 1.54. The zero-order valence-corrected chi connectivity index (χ0v) is 13.7. The maximum absolute atomic E-state index is 12.5. The second-order valence-electron chi connectivity index (χ2n) is 4.92. The topological polar surface area (TPSA) is 66.5 Å². The van der Waals surface area contributed by atoms with Crippen molar-refractivity contribution in [3.63, 3.8) is 0 Å². The van der Waals surface area contributed by atoms with Gasteiger partial charge in [-0.2, -0.15) is 4.31 Å². The highest BCUT2D eigenvalue weighted by Crippen LogP contribution is 2.32. The van der Waals surface area contributed by atoms with Gasteiger partial charge < -0.3 is 5.32 Å². The quantitative estimate of drug-likeness (QED) is 0.918. The van der Waals surface area contributed by atoms with Crippen LogP contribution in [0.2, 0.25) is 4.34 Å². The van der Waals surface area contributed by atoms with E-state index in [1.165, 1.54) is 11.2 Å². The third kappa shape index (κ3) is 3.33. The van der Waals surface area contributed by atoms with Gasteiger partial charge in [0, 0.05) is 26.1 Å². The molecule has 1 saturated heterocycles. The van der Waals surface area contributed by atoms with E-state index in [1.54, 1.807) is 13.0 Å². The highest BCUT2D eigenvalue weighted by Gasteiger charge is 2.31. The smallest absolute Gasteiger partial charge is 0.252 e. The molecule has 0 aliphatic carbocycles. The summed E-state index contributed by atoms with van der Waals surface area (Å²) in [7, 11) is -3.52. The molecule has 1 aromatic heterocycles. The summed E-state index contributed by atoms with van der Waals surface area (Å²) < 4.78 is 27.3. The molecule has 1 amide bonds. The van der Waals surface area contributed by atoms with Crippen molar-refractivity contribution in [1.82, 2.24) is 9.62 Å². The summed E-state index contributed by atoms with van der Waals surface area (Å²) in [5.74, 6) is -0.135. The standard InChI is InChI=1S/C12H17ClN2O3S2/c1-8-6-11(19-12(8)13)20(17,18)15-5-3-4-10(7-15)14-9(2)16/h6,10H,3-5,7H2,1-2H3,(H,14,16). The van der Waals surface area contributed by atoms with Crippen LogP contribution in [0, 0.1) is 6.92 Å². The summed E-state index contributed by atoms with van der Waals surface area (Å²) in [5, 5.41) is 2.78. The monoisotopic (exact) mass is 336 g/mol. The van der Waals surface area contributed by atoms with E-state index in [2.05, 4.69) is 5.32 Å². The summed E-state index contributed by atoms with van der Waals surface area (Å²) in [5.41, 5.74) is 0.769. The van der Waals surface area contributed by atoms with Gasteiger partial charge in [-0.25, -0.2) is 8.42 Å². The summed E-state index contributed by atoms with van der Waals surface area (Å²) in [4.78, 5) is 11.1. The molecule has 20 heavy (non-hydrogen) atoms. The maximum Gasteiger partial charge on any atom is 0.252 e. The lowest BCUT2D eigenvalue weighted by molar-refractivity contribution is -0.119. The first-order valence-corrected chi connectivity index (χ1v) is 8.97. The Morgan fingerprint density at radius 2 is 2.25 bits per heavy atom. The molecule has 1 N–H and O–H groups in total. The number of carbonyl (C=O) groups excluding carboxylic acids is 1. The largest absolute Gasteiger partial charge is 0.352 e. The predicted octanol–water partition coefficient (Wildman–Crippen LogP) is 2.00. The van der Waals surface area contributed by atoms with E-state index in [1.807, 2.05) is 0 Å². The number of halogens is 1. The Bertz CT molecular complexity index is 593. The molecule has 0 spiro atoms. The number of aryl methyl sites for hydroxylation is 1. The van der Waals surface area contributed by atoms with E-state index >= 15 is 0 Å². The number of hydrogen-bond donors (Lipinski definition) is 1. The molecule has 1 aromatic rings. The number of sulfonamides is 1. The normalized spacial score (nSPS) is 20.9. The zero-order valence-electron chi connectivity index (χ0n) is 11.3. The van der Waals surface area contributed by atoms with Crippen LogP contribution in [0.5, 0.6) is 0 Å². The molecule has 0 radical (unpaired) electrons. The number of nitrogens with one attached hydrogen (secondary N) is 1. The van der Waals surface area contributed by atoms with Crippen molar-refractivity contribution in [2.45, 2.75) is 36.9 Å². The van der Waals surface area contributed by atoms with Crippen LogP contribution in [0.4, 0.5) is 0 Å². The molecule has 2 rings (SSSR count). The minimum atomic E-state index is -3.52. The maximum atomic E-state index is 12.5. The Kier molecular flexibility index (Phi) is 4.73. The van der Waals surface area contributed by atoms with Crippen LogP contribution in [0.3, 0.4) is 0 Å². The van der Waals surface area contributed by atoms with Gasteiger partial charge in [0.25, 0.3) is 10.0 Å². The molecule has 1 fully saturated rings. The van der Waals surface area contributed by atoms with Gasteiger partial charge in [-0.3, -0.25) is 4.79 Å². The van der Waals surface area contributed by atoms with Crippen molar-refractivity contribution in [2.75, 3.05) is 13.1 Å². The first-order chi connectivity index (χ1) is 9.30. The Balaban J connectivity index is 2.19. The highest BCUT2D eigenvalue weighted by atomic mass is 35.5. The number of amides is 1. The first-order valence-electron chi connectivity index (χ1n) is 6.34. The summed E-state index contributed by atoms with van der Waals surface area (Å²) >= 11 is 7.03. The van der Waals surface area contributed by atoms with Crippen molar-refractivity contribution in [2.24, 2.45) is 0 Å². The molecule has 0 bridgehead atoms. The number of carbonyl (C=O) groups is 1. The Hall–Kier alpha value is -0.630. The minimum Gasteiger partial charge on any atom is -0.352 e. The van der Waals surface area contributed by atoms with Crippen LogP contribution in [-0.2, 0) is 14.8 Å². The van der Waals surface area contributed by atoms with Gasteiger partial charge in [0.2, 0.25) is 5.91 Å². The molecule has 8 heteroatoms. The second kappa shape index (κ2) is 6.01. The van der Waals surface area contributed by atoms with E-state index in [0.29, 0.717) is 17.4 Å². The van der Waals surface area contributed by atoms with Gasteiger partial charge >= 0.3 is 0 Å². The van der Waals surface area contributed by atoms with Gasteiger partial charge in [-0.15, -0.1) is 11.3 Å².